The Balaban J connectivity index is 1.40. The van der Waals surface area contributed by atoms with Crippen LogP contribution in [0.4, 0.5) is 0 Å². The van der Waals surface area contributed by atoms with E-state index in [1.165, 1.54) is 26.9 Å². The van der Waals surface area contributed by atoms with Crippen LogP contribution < -0.4 is 11.4 Å². The maximum absolute atomic E-state index is 12.7. The molecular formula is C19H19N7OS2. The highest BCUT2D eigenvalue weighted by molar-refractivity contribution is 7.98. The summed E-state index contributed by atoms with van der Waals surface area (Å²) in [4.78, 5) is 26.6. The molecule has 5 rings (SSSR count). The second kappa shape index (κ2) is 7.27. The smallest absolute Gasteiger partial charge is 0.259 e. The monoisotopic (exact) mass is 425 g/mol. The normalized spacial score (nSPS) is 16.2. The van der Waals surface area contributed by atoms with Crippen LogP contribution in [0.2, 0.25) is 0 Å². The highest BCUT2D eigenvalue weighted by atomic mass is 32.2. The zero-order chi connectivity index (χ0) is 20.0. The highest BCUT2D eigenvalue weighted by Gasteiger charge is 2.23. The zero-order valence-corrected chi connectivity index (χ0v) is 17.4. The van der Waals surface area contributed by atoms with Gasteiger partial charge in [-0.15, -0.1) is 21.5 Å². The van der Waals surface area contributed by atoms with Crippen LogP contribution in [0.3, 0.4) is 0 Å². The van der Waals surface area contributed by atoms with Crippen molar-refractivity contribution in [1.29, 1.82) is 0 Å². The van der Waals surface area contributed by atoms with Gasteiger partial charge in [0, 0.05) is 22.8 Å². The van der Waals surface area contributed by atoms with E-state index in [1.54, 1.807) is 23.7 Å². The van der Waals surface area contributed by atoms with Gasteiger partial charge in [-0.2, -0.15) is 0 Å². The van der Waals surface area contributed by atoms with Gasteiger partial charge in [0.1, 0.15) is 10.7 Å². The fourth-order valence-corrected chi connectivity index (χ4v) is 5.79. The lowest BCUT2D eigenvalue weighted by Gasteiger charge is -2.17. The third-order valence-corrected chi connectivity index (χ3v) is 7.24. The number of aromatic amines is 1. The highest BCUT2D eigenvalue weighted by Crippen LogP contribution is 2.35. The Morgan fingerprint density at radius 2 is 2.31 bits per heavy atom. The summed E-state index contributed by atoms with van der Waals surface area (Å²) in [5.41, 5.74) is 1.93. The maximum Gasteiger partial charge on any atom is 0.259 e. The molecule has 0 bridgehead atoms. The van der Waals surface area contributed by atoms with Crippen LogP contribution in [0.25, 0.3) is 21.6 Å². The van der Waals surface area contributed by atoms with E-state index in [-0.39, 0.29) is 5.56 Å². The number of H-pyrrole nitrogens is 1. The minimum atomic E-state index is -0.0529. The number of thioether (sulfide) groups is 1. The van der Waals surface area contributed by atoms with Crippen molar-refractivity contribution in [1.82, 2.24) is 29.8 Å². The Morgan fingerprint density at radius 3 is 3.14 bits per heavy atom. The van der Waals surface area contributed by atoms with Crippen molar-refractivity contribution in [2.45, 2.75) is 37.1 Å². The summed E-state index contributed by atoms with van der Waals surface area (Å²) in [6.07, 6.45) is 6.50. The summed E-state index contributed by atoms with van der Waals surface area (Å²) in [6, 6.07) is 3.70. The van der Waals surface area contributed by atoms with Crippen molar-refractivity contribution >= 4 is 33.3 Å². The minimum absolute atomic E-state index is 0.0529. The van der Waals surface area contributed by atoms with Gasteiger partial charge in [0.25, 0.3) is 5.56 Å². The number of hydrogen-bond donors (Lipinski definition) is 2. The molecule has 29 heavy (non-hydrogen) atoms. The first-order valence-electron chi connectivity index (χ1n) is 9.37. The Hall–Kier alpha value is -2.72. The number of nitrogen functional groups attached to an aromatic ring is 1. The Kier molecular flexibility index (Phi) is 4.59. The third-order valence-electron chi connectivity index (χ3n) is 5.14. The number of aryl methyl sites for hydroxylation is 1. The molecule has 0 fully saturated rings. The average molecular weight is 426 g/mol. The number of rotatable bonds is 4. The number of nitrogens with two attached hydrogens (primary N) is 1. The number of nitrogens with one attached hydrogen (secondary N) is 1. The molecule has 0 radical (unpaired) electrons. The molecule has 4 aromatic heterocycles. The van der Waals surface area contributed by atoms with Crippen LogP contribution in [0.5, 0.6) is 0 Å². The van der Waals surface area contributed by atoms with Crippen LogP contribution in [0.1, 0.15) is 29.6 Å². The van der Waals surface area contributed by atoms with Crippen molar-refractivity contribution in [2.75, 3.05) is 5.84 Å². The maximum atomic E-state index is 12.7. The van der Waals surface area contributed by atoms with E-state index in [2.05, 4.69) is 27.1 Å². The Labute approximate surface area is 174 Å². The largest absolute Gasteiger partial charge is 0.335 e. The lowest BCUT2D eigenvalue weighted by Crippen LogP contribution is -2.15. The van der Waals surface area contributed by atoms with E-state index in [0.29, 0.717) is 28.5 Å². The van der Waals surface area contributed by atoms with E-state index in [4.69, 9.17) is 10.8 Å². The van der Waals surface area contributed by atoms with Crippen molar-refractivity contribution in [2.24, 2.45) is 5.92 Å². The lowest BCUT2D eigenvalue weighted by atomic mass is 9.89. The molecule has 1 atom stereocenters. The number of fused-ring (bicyclic) bond motifs is 3. The molecule has 8 nitrogen and oxygen atoms in total. The number of thiophene rings is 1. The molecule has 0 unspecified atom stereocenters. The third kappa shape index (κ3) is 3.32. The van der Waals surface area contributed by atoms with Gasteiger partial charge < -0.3 is 10.8 Å². The first kappa shape index (κ1) is 18.3. The summed E-state index contributed by atoms with van der Waals surface area (Å²) in [7, 11) is 0. The molecular weight excluding hydrogens is 406 g/mol. The topological polar surface area (TPSA) is 115 Å². The van der Waals surface area contributed by atoms with Crippen molar-refractivity contribution in [3.05, 3.63) is 51.1 Å². The van der Waals surface area contributed by atoms with Gasteiger partial charge in [0.15, 0.2) is 5.82 Å². The Bertz CT molecular complexity index is 1240. The van der Waals surface area contributed by atoms with Gasteiger partial charge in [0.2, 0.25) is 5.16 Å². The van der Waals surface area contributed by atoms with E-state index < -0.39 is 0 Å². The number of nitrogens with zero attached hydrogens (tertiary/aromatic N) is 5. The number of aromatic nitrogens is 6. The molecule has 1 aliphatic rings. The summed E-state index contributed by atoms with van der Waals surface area (Å²) < 4.78 is 1.43. The molecule has 0 spiro atoms. The van der Waals surface area contributed by atoms with Crippen molar-refractivity contribution in [3.8, 4) is 11.4 Å². The molecule has 0 saturated heterocycles. The Morgan fingerprint density at radius 1 is 1.41 bits per heavy atom. The zero-order valence-electron chi connectivity index (χ0n) is 15.8. The van der Waals surface area contributed by atoms with Crippen molar-refractivity contribution < 1.29 is 0 Å². The first-order valence-corrected chi connectivity index (χ1v) is 11.2. The molecule has 4 heterocycles. The van der Waals surface area contributed by atoms with Crippen LogP contribution >= 0.6 is 23.1 Å². The molecule has 0 aromatic carbocycles. The van der Waals surface area contributed by atoms with Gasteiger partial charge in [0.05, 0.1) is 11.1 Å². The predicted molar refractivity (Wildman–Crippen MR) is 114 cm³/mol. The van der Waals surface area contributed by atoms with E-state index in [9.17, 15) is 4.79 Å². The van der Waals surface area contributed by atoms with Gasteiger partial charge in [-0.1, -0.05) is 18.7 Å². The fraction of sp³-hybridized carbons (Fsp3) is 0.316. The van der Waals surface area contributed by atoms with Crippen LogP contribution in [0.15, 0.2) is 34.5 Å². The van der Waals surface area contributed by atoms with Gasteiger partial charge >= 0.3 is 0 Å². The SMILES string of the molecule is C[C@H]1CCc2c(sc3nc(CSc4nnc(-c5cccnc5)n4N)[nH]c(=O)c23)C1. The second-order valence-corrected chi connectivity index (χ2v) is 9.28. The standard InChI is InChI=1S/C19H19N7OS2/c1-10-4-5-12-13(7-10)29-18-15(12)17(27)22-14(23-18)9-28-19-25-24-16(26(19)20)11-3-2-6-21-8-11/h2-3,6,8,10H,4-5,7,9,20H2,1H3,(H,22,23,27)/t10-/m0/s1. The molecule has 4 aromatic rings. The van der Waals surface area contributed by atoms with Gasteiger partial charge in [-0.3, -0.25) is 9.78 Å². The quantitative estimate of drug-likeness (QED) is 0.381. The average Bonchev–Trinajstić information content (AvgIpc) is 3.26. The number of hydrogen-bond acceptors (Lipinski definition) is 8. The molecule has 3 N–H and O–H groups in total. The summed E-state index contributed by atoms with van der Waals surface area (Å²) >= 11 is 3.04. The van der Waals surface area contributed by atoms with Gasteiger partial charge in [-0.25, -0.2) is 9.66 Å². The van der Waals surface area contributed by atoms with Crippen LogP contribution in [0, 0.1) is 5.92 Å². The molecule has 0 saturated carbocycles. The summed E-state index contributed by atoms with van der Waals surface area (Å²) in [5, 5.41) is 9.63. The lowest BCUT2D eigenvalue weighted by molar-refractivity contribution is 0.509. The summed E-state index contributed by atoms with van der Waals surface area (Å²) in [6.45, 7) is 2.26. The molecule has 0 amide bonds. The van der Waals surface area contributed by atoms with Crippen LogP contribution in [-0.4, -0.2) is 29.8 Å². The van der Waals surface area contributed by atoms with E-state index in [0.717, 1.165) is 35.0 Å². The predicted octanol–water partition coefficient (Wildman–Crippen LogP) is 2.77. The molecule has 148 valence electrons. The molecule has 1 aliphatic carbocycles. The summed E-state index contributed by atoms with van der Waals surface area (Å²) in [5.74, 6) is 8.42. The number of pyridine rings is 1. The van der Waals surface area contributed by atoms with Crippen molar-refractivity contribution in [3.63, 3.8) is 0 Å². The fourth-order valence-electron chi connectivity index (χ4n) is 3.66. The van der Waals surface area contributed by atoms with E-state index in [1.807, 2.05) is 12.1 Å². The van der Waals surface area contributed by atoms with E-state index >= 15 is 0 Å². The first-order chi connectivity index (χ1) is 14.1. The van der Waals surface area contributed by atoms with Gasteiger partial charge in [-0.05, 0) is 42.9 Å². The molecule has 10 heteroatoms. The second-order valence-electron chi connectivity index (χ2n) is 7.25. The van der Waals surface area contributed by atoms with Crippen LogP contribution in [-0.2, 0) is 18.6 Å². The minimum Gasteiger partial charge on any atom is -0.335 e. The molecule has 0 aliphatic heterocycles.